The Morgan fingerprint density at radius 3 is 2.33 bits per heavy atom. The fourth-order valence-corrected chi connectivity index (χ4v) is 3.15. The quantitative estimate of drug-likeness (QED) is 0.792. The van der Waals surface area contributed by atoms with Gasteiger partial charge in [0.2, 0.25) is 10.0 Å². The van der Waals surface area contributed by atoms with Crippen LogP contribution in [0.5, 0.6) is 0 Å². The van der Waals surface area contributed by atoms with Gasteiger partial charge in [-0.25, -0.2) is 8.42 Å². The van der Waals surface area contributed by atoms with Crippen LogP contribution < -0.4 is 10.0 Å². The van der Waals surface area contributed by atoms with Crippen molar-refractivity contribution < 1.29 is 17.9 Å². The lowest BCUT2D eigenvalue weighted by Gasteiger charge is -2.40. The highest BCUT2D eigenvalue weighted by atomic mass is 32.2. The molecular weight excluding hydrogens is 330 g/mol. The van der Waals surface area contributed by atoms with Crippen LogP contribution in [0.2, 0.25) is 0 Å². The van der Waals surface area contributed by atoms with Crippen molar-refractivity contribution in [2.24, 2.45) is 0 Å². The summed E-state index contributed by atoms with van der Waals surface area (Å²) in [6.45, 7) is 7.85. The number of amides is 1. The number of hydrogen-bond acceptors (Lipinski definition) is 5. The predicted molar refractivity (Wildman–Crippen MR) is 93.7 cm³/mol. The molecule has 0 aliphatic carbocycles. The molecule has 0 saturated carbocycles. The molecule has 1 aliphatic rings. The number of carbonyl (C=O) groups is 1. The minimum Gasteiger partial charge on any atom is -0.379 e. The zero-order valence-electron chi connectivity index (χ0n) is 14.3. The van der Waals surface area contributed by atoms with Crippen LogP contribution in [0, 0.1) is 0 Å². The molecule has 1 aromatic rings. The molecule has 24 heavy (non-hydrogen) atoms. The van der Waals surface area contributed by atoms with E-state index in [0.29, 0.717) is 31.0 Å². The molecule has 7 nitrogen and oxygen atoms in total. The van der Waals surface area contributed by atoms with Crippen molar-refractivity contribution in [3.8, 4) is 0 Å². The van der Waals surface area contributed by atoms with E-state index in [1.54, 1.807) is 24.3 Å². The van der Waals surface area contributed by atoms with Gasteiger partial charge in [-0.05, 0) is 38.1 Å². The Kier molecular flexibility index (Phi) is 5.84. The van der Waals surface area contributed by atoms with Crippen molar-refractivity contribution >= 4 is 21.6 Å². The smallest absolute Gasteiger partial charge is 0.251 e. The van der Waals surface area contributed by atoms with Crippen LogP contribution >= 0.6 is 0 Å². The van der Waals surface area contributed by atoms with Gasteiger partial charge in [-0.2, -0.15) is 0 Å². The molecule has 0 unspecified atom stereocenters. The van der Waals surface area contributed by atoms with Gasteiger partial charge in [-0.1, -0.05) is 0 Å². The molecule has 1 fully saturated rings. The van der Waals surface area contributed by atoms with Crippen molar-refractivity contribution in [1.29, 1.82) is 0 Å². The number of benzene rings is 1. The summed E-state index contributed by atoms with van der Waals surface area (Å²) in [7, 11) is -3.32. The standard InChI is InChI=1S/C16H25N3O4S/c1-16(2,19-8-10-23-11-9-19)12-17-15(20)13-4-6-14(7-5-13)18-24(3,21)22/h4-7,18H,8-12H2,1-3H3,(H,17,20). The van der Waals surface area contributed by atoms with E-state index < -0.39 is 10.0 Å². The molecule has 1 saturated heterocycles. The zero-order chi connectivity index (χ0) is 17.8. The molecule has 0 spiro atoms. The highest BCUT2D eigenvalue weighted by molar-refractivity contribution is 7.92. The SMILES string of the molecule is CC(C)(CNC(=O)c1ccc(NS(C)(=O)=O)cc1)N1CCOCC1. The number of sulfonamides is 1. The number of nitrogens with zero attached hydrogens (tertiary/aromatic N) is 1. The van der Waals surface area contributed by atoms with E-state index in [1.165, 1.54) is 0 Å². The fourth-order valence-electron chi connectivity index (χ4n) is 2.58. The van der Waals surface area contributed by atoms with E-state index in [9.17, 15) is 13.2 Å². The Labute approximate surface area is 143 Å². The number of hydrogen-bond donors (Lipinski definition) is 2. The lowest BCUT2D eigenvalue weighted by atomic mass is 10.0. The first kappa shape index (κ1) is 18.7. The number of carbonyl (C=O) groups excluding carboxylic acids is 1. The van der Waals surface area contributed by atoms with Crippen LogP contribution in [0.25, 0.3) is 0 Å². The van der Waals surface area contributed by atoms with Crippen molar-refractivity contribution in [3.63, 3.8) is 0 Å². The Bertz CT molecular complexity index is 665. The molecule has 0 bridgehead atoms. The third kappa shape index (κ3) is 5.47. The van der Waals surface area contributed by atoms with Crippen LogP contribution in [0.4, 0.5) is 5.69 Å². The zero-order valence-corrected chi connectivity index (χ0v) is 15.1. The molecule has 1 aliphatic heterocycles. The number of rotatable bonds is 6. The first-order valence-corrected chi connectivity index (χ1v) is 9.75. The first-order valence-electron chi connectivity index (χ1n) is 7.86. The van der Waals surface area contributed by atoms with Crippen LogP contribution in [0.1, 0.15) is 24.2 Å². The van der Waals surface area contributed by atoms with Crippen molar-refractivity contribution in [2.45, 2.75) is 19.4 Å². The van der Waals surface area contributed by atoms with Crippen LogP contribution in [-0.4, -0.2) is 63.9 Å². The highest BCUT2D eigenvalue weighted by Gasteiger charge is 2.28. The Morgan fingerprint density at radius 1 is 1.21 bits per heavy atom. The number of nitrogens with one attached hydrogen (secondary N) is 2. The second kappa shape index (κ2) is 7.50. The third-order valence-corrected chi connectivity index (χ3v) is 4.61. The lowest BCUT2D eigenvalue weighted by molar-refractivity contribution is -0.00923. The molecule has 8 heteroatoms. The molecule has 1 heterocycles. The molecular formula is C16H25N3O4S. The van der Waals surface area contributed by atoms with E-state index in [4.69, 9.17) is 4.74 Å². The van der Waals surface area contributed by atoms with Gasteiger partial charge in [-0.15, -0.1) is 0 Å². The number of anilines is 1. The Hall–Kier alpha value is -1.64. The summed E-state index contributed by atoms with van der Waals surface area (Å²) < 4.78 is 30.1. The maximum atomic E-state index is 12.3. The van der Waals surface area contributed by atoms with Crippen LogP contribution in [0.15, 0.2) is 24.3 Å². The average Bonchev–Trinajstić information content (AvgIpc) is 2.53. The first-order chi connectivity index (χ1) is 11.2. The van der Waals surface area contributed by atoms with E-state index in [1.807, 2.05) is 0 Å². The summed E-state index contributed by atoms with van der Waals surface area (Å²) in [5.41, 5.74) is 0.770. The molecule has 2 N–H and O–H groups in total. The minimum absolute atomic E-state index is 0.156. The molecule has 134 valence electrons. The van der Waals surface area contributed by atoms with Gasteiger partial charge >= 0.3 is 0 Å². The summed E-state index contributed by atoms with van der Waals surface area (Å²) in [6.07, 6.45) is 1.08. The molecule has 1 aromatic carbocycles. The normalized spacial score (nSPS) is 16.6. The summed E-state index contributed by atoms with van der Waals surface area (Å²) in [4.78, 5) is 14.6. The second-order valence-corrected chi connectivity index (χ2v) is 8.29. The summed E-state index contributed by atoms with van der Waals surface area (Å²) in [5, 5.41) is 2.94. The van der Waals surface area contributed by atoms with Gasteiger partial charge < -0.3 is 10.1 Å². The van der Waals surface area contributed by atoms with Crippen molar-refractivity contribution in [2.75, 3.05) is 43.8 Å². The van der Waals surface area contributed by atoms with Crippen LogP contribution in [0.3, 0.4) is 0 Å². The number of morpholine rings is 1. The number of ether oxygens (including phenoxy) is 1. The van der Waals surface area contributed by atoms with Crippen molar-refractivity contribution in [3.05, 3.63) is 29.8 Å². The maximum absolute atomic E-state index is 12.3. The van der Waals surface area contributed by atoms with Gasteiger partial charge in [-0.3, -0.25) is 14.4 Å². The monoisotopic (exact) mass is 355 g/mol. The molecule has 0 radical (unpaired) electrons. The van der Waals surface area contributed by atoms with Gasteiger partial charge in [0.25, 0.3) is 5.91 Å². The highest BCUT2D eigenvalue weighted by Crippen LogP contribution is 2.16. The van der Waals surface area contributed by atoms with Crippen LogP contribution in [-0.2, 0) is 14.8 Å². The maximum Gasteiger partial charge on any atom is 0.251 e. The topological polar surface area (TPSA) is 87.7 Å². The van der Waals surface area contributed by atoms with Gasteiger partial charge in [0, 0.05) is 36.4 Å². The largest absolute Gasteiger partial charge is 0.379 e. The molecule has 0 aromatic heterocycles. The second-order valence-electron chi connectivity index (χ2n) is 6.55. The molecule has 0 atom stereocenters. The fraction of sp³-hybridized carbons (Fsp3) is 0.562. The minimum atomic E-state index is -3.32. The summed E-state index contributed by atoms with van der Waals surface area (Å²) in [6, 6.07) is 6.35. The summed E-state index contributed by atoms with van der Waals surface area (Å²) >= 11 is 0. The molecule has 1 amide bonds. The van der Waals surface area contributed by atoms with Crippen molar-refractivity contribution in [1.82, 2.24) is 10.2 Å². The Balaban J connectivity index is 1.92. The van der Waals surface area contributed by atoms with Gasteiger partial charge in [0.05, 0.1) is 19.5 Å². The predicted octanol–water partition coefficient (Wildman–Crippen LogP) is 0.899. The molecule has 2 rings (SSSR count). The van der Waals surface area contributed by atoms with Gasteiger partial charge in [0.15, 0.2) is 0 Å². The van der Waals surface area contributed by atoms with E-state index in [2.05, 4.69) is 28.8 Å². The average molecular weight is 355 g/mol. The Morgan fingerprint density at radius 2 is 1.79 bits per heavy atom. The van der Waals surface area contributed by atoms with E-state index >= 15 is 0 Å². The van der Waals surface area contributed by atoms with Gasteiger partial charge in [0.1, 0.15) is 0 Å². The third-order valence-electron chi connectivity index (χ3n) is 4.00. The van der Waals surface area contributed by atoms with E-state index in [-0.39, 0.29) is 11.4 Å². The lowest BCUT2D eigenvalue weighted by Crippen LogP contribution is -2.55. The van der Waals surface area contributed by atoms with E-state index in [0.717, 1.165) is 19.3 Å². The summed E-state index contributed by atoms with van der Waals surface area (Å²) in [5.74, 6) is -0.178.